The first-order valence-corrected chi connectivity index (χ1v) is 10.3. The summed E-state index contributed by atoms with van der Waals surface area (Å²) in [5, 5.41) is 10.3. The Morgan fingerprint density at radius 1 is 0.769 bits per heavy atom. The summed E-state index contributed by atoms with van der Waals surface area (Å²) in [4.78, 5) is 0. The fourth-order valence-electron chi connectivity index (χ4n) is 3.20. The third kappa shape index (κ3) is 8.64. The Morgan fingerprint density at radius 3 is 1.92 bits per heavy atom. The zero-order chi connectivity index (χ0) is 19.0. The average Bonchev–Trinajstić information content (AvgIpc) is 2.66. The van der Waals surface area contributed by atoms with Crippen molar-refractivity contribution in [3.05, 3.63) is 29.8 Å². The van der Waals surface area contributed by atoms with E-state index in [1.54, 1.807) is 20.3 Å². The molecule has 1 N–H and O–H groups in total. The van der Waals surface area contributed by atoms with E-state index in [0.29, 0.717) is 5.75 Å². The molecule has 0 unspecified atom stereocenters. The van der Waals surface area contributed by atoms with Gasteiger partial charge < -0.3 is 14.6 Å². The summed E-state index contributed by atoms with van der Waals surface area (Å²) >= 11 is 0. The van der Waals surface area contributed by atoms with Gasteiger partial charge in [0.25, 0.3) is 0 Å². The number of methoxy groups -OCH3 is 2. The predicted molar refractivity (Wildman–Crippen MR) is 111 cm³/mol. The first-order chi connectivity index (χ1) is 12.7. The van der Waals surface area contributed by atoms with Crippen LogP contribution in [-0.4, -0.2) is 19.3 Å². The molecule has 0 aromatic heterocycles. The monoisotopic (exact) mass is 362 g/mol. The van der Waals surface area contributed by atoms with E-state index in [2.05, 4.69) is 19.1 Å². The minimum absolute atomic E-state index is 0.221. The van der Waals surface area contributed by atoms with Crippen LogP contribution in [0, 0.1) is 0 Å². The van der Waals surface area contributed by atoms with Crippen LogP contribution in [0.1, 0.15) is 83.1 Å². The van der Waals surface area contributed by atoms with Crippen LogP contribution in [-0.2, 0) is 6.42 Å². The van der Waals surface area contributed by atoms with Gasteiger partial charge in [-0.3, -0.25) is 0 Å². The van der Waals surface area contributed by atoms with Crippen LogP contribution < -0.4 is 9.47 Å². The number of phenols is 1. The zero-order valence-electron chi connectivity index (χ0n) is 17.1. The molecule has 0 saturated carbocycles. The molecule has 0 atom stereocenters. The number of aromatic hydroxyl groups is 1. The normalized spacial score (nSPS) is 11.2. The Kier molecular flexibility index (Phi) is 12.5. The number of phenolic OH excluding ortho intramolecular Hbond substituents is 1. The summed E-state index contributed by atoms with van der Waals surface area (Å²) in [6.07, 6.45) is 19.4. The van der Waals surface area contributed by atoms with E-state index < -0.39 is 0 Å². The van der Waals surface area contributed by atoms with E-state index in [9.17, 15) is 5.11 Å². The number of hydrogen-bond acceptors (Lipinski definition) is 3. The van der Waals surface area contributed by atoms with Gasteiger partial charge in [0.15, 0.2) is 11.5 Å². The van der Waals surface area contributed by atoms with Crippen LogP contribution in [0.4, 0.5) is 0 Å². The summed E-state index contributed by atoms with van der Waals surface area (Å²) in [5.74, 6) is 1.48. The predicted octanol–water partition coefficient (Wildman–Crippen LogP) is 6.82. The molecule has 0 aliphatic heterocycles. The summed E-state index contributed by atoms with van der Waals surface area (Å²) in [6, 6.07) is 3.61. The molecule has 1 aromatic rings. The molecule has 0 fully saturated rings. The highest BCUT2D eigenvalue weighted by atomic mass is 16.5. The lowest BCUT2D eigenvalue weighted by atomic mass is 10.0. The lowest BCUT2D eigenvalue weighted by Gasteiger charge is -2.13. The number of rotatable bonds is 15. The number of benzene rings is 1. The van der Waals surface area contributed by atoms with Crippen LogP contribution in [0.15, 0.2) is 24.3 Å². The standard InChI is InChI=1S/C23H38O3/c1-4-5-6-7-8-9-10-11-12-13-14-15-16-17-20-21(25-2)18-19-22(26-3)23(20)24/h7-8,18-19,24H,4-6,9-17H2,1-3H3/b8-7+. The van der Waals surface area contributed by atoms with Crippen LogP contribution in [0.2, 0.25) is 0 Å². The lowest BCUT2D eigenvalue weighted by molar-refractivity contribution is 0.359. The van der Waals surface area contributed by atoms with Crippen molar-refractivity contribution < 1.29 is 14.6 Å². The van der Waals surface area contributed by atoms with Gasteiger partial charge >= 0.3 is 0 Å². The molecular formula is C23H38O3. The maximum Gasteiger partial charge on any atom is 0.164 e. The van der Waals surface area contributed by atoms with Crippen LogP contribution in [0.3, 0.4) is 0 Å². The molecular weight excluding hydrogens is 324 g/mol. The largest absolute Gasteiger partial charge is 0.504 e. The highest BCUT2D eigenvalue weighted by molar-refractivity contribution is 5.53. The first-order valence-electron chi connectivity index (χ1n) is 10.3. The van der Waals surface area contributed by atoms with Crippen molar-refractivity contribution in [2.24, 2.45) is 0 Å². The molecule has 148 valence electrons. The van der Waals surface area contributed by atoms with Crippen molar-refractivity contribution in [3.63, 3.8) is 0 Å². The Morgan fingerprint density at radius 2 is 1.31 bits per heavy atom. The molecule has 0 bridgehead atoms. The SMILES string of the molecule is CCCC/C=C/CCCCCCCCCc1c(OC)ccc(OC)c1O. The van der Waals surface area contributed by atoms with Gasteiger partial charge in [0.05, 0.1) is 14.2 Å². The van der Waals surface area contributed by atoms with Crippen molar-refractivity contribution >= 4 is 0 Å². The Bertz CT molecular complexity index is 508. The van der Waals surface area contributed by atoms with Crippen LogP contribution in [0.25, 0.3) is 0 Å². The molecule has 0 saturated heterocycles. The molecule has 1 rings (SSSR count). The van der Waals surface area contributed by atoms with Crippen molar-refractivity contribution in [3.8, 4) is 17.2 Å². The van der Waals surface area contributed by atoms with Crippen molar-refractivity contribution in [1.29, 1.82) is 0 Å². The van der Waals surface area contributed by atoms with E-state index >= 15 is 0 Å². The lowest BCUT2D eigenvalue weighted by Crippen LogP contribution is -1.96. The van der Waals surface area contributed by atoms with Gasteiger partial charge in [-0.1, -0.05) is 64.0 Å². The van der Waals surface area contributed by atoms with Gasteiger partial charge in [0, 0.05) is 5.56 Å². The fourth-order valence-corrected chi connectivity index (χ4v) is 3.20. The smallest absolute Gasteiger partial charge is 0.164 e. The number of ether oxygens (including phenoxy) is 2. The Hall–Kier alpha value is -1.64. The van der Waals surface area contributed by atoms with Gasteiger partial charge in [-0.25, -0.2) is 0 Å². The highest BCUT2D eigenvalue weighted by Gasteiger charge is 2.13. The molecule has 0 radical (unpaired) electrons. The average molecular weight is 363 g/mol. The number of hydrogen-bond donors (Lipinski definition) is 1. The fraction of sp³-hybridized carbons (Fsp3) is 0.652. The van der Waals surface area contributed by atoms with Gasteiger partial charge in [0.1, 0.15) is 5.75 Å². The molecule has 0 aliphatic carbocycles. The minimum Gasteiger partial charge on any atom is -0.504 e. The second-order valence-electron chi connectivity index (χ2n) is 6.92. The Labute approximate surface area is 160 Å². The zero-order valence-corrected chi connectivity index (χ0v) is 17.1. The molecule has 3 nitrogen and oxygen atoms in total. The molecule has 26 heavy (non-hydrogen) atoms. The topological polar surface area (TPSA) is 38.7 Å². The quantitative estimate of drug-likeness (QED) is 0.275. The maximum absolute atomic E-state index is 10.3. The van der Waals surface area contributed by atoms with Crippen LogP contribution in [0.5, 0.6) is 17.2 Å². The summed E-state index contributed by atoms with van der Waals surface area (Å²) in [7, 11) is 3.22. The van der Waals surface area contributed by atoms with E-state index in [1.165, 1.54) is 64.2 Å². The second kappa shape index (κ2) is 14.5. The van der Waals surface area contributed by atoms with Gasteiger partial charge in [-0.05, 0) is 44.2 Å². The molecule has 3 heteroatoms. The first kappa shape index (κ1) is 22.4. The van der Waals surface area contributed by atoms with Crippen molar-refractivity contribution in [2.75, 3.05) is 14.2 Å². The van der Waals surface area contributed by atoms with E-state index in [4.69, 9.17) is 9.47 Å². The van der Waals surface area contributed by atoms with Crippen molar-refractivity contribution in [1.82, 2.24) is 0 Å². The number of allylic oxidation sites excluding steroid dienone is 2. The summed E-state index contributed by atoms with van der Waals surface area (Å²) in [5.41, 5.74) is 0.863. The molecule has 0 heterocycles. The third-order valence-corrected chi connectivity index (χ3v) is 4.83. The van der Waals surface area contributed by atoms with Gasteiger partial charge in [-0.15, -0.1) is 0 Å². The third-order valence-electron chi connectivity index (χ3n) is 4.83. The molecule has 0 spiro atoms. The molecule has 0 amide bonds. The van der Waals surface area contributed by atoms with Gasteiger partial charge in [0.2, 0.25) is 0 Å². The van der Waals surface area contributed by atoms with Crippen molar-refractivity contribution in [2.45, 2.75) is 84.0 Å². The maximum atomic E-state index is 10.3. The molecule has 1 aromatic carbocycles. The Balaban J connectivity index is 2.12. The number of unbranched alkanes of at least 4 members (excludes halogenated alkanes) is 9. The van der Waals surface area contributed by atoms with E-state index in [-0.39, 0.29) is 5.75 Å². The van der Waals surface area contributed by atoms with E-state index in [0.717, 1.165) is 24.2 Å². The summed E-state index contributed by atoms with van der Waals surface area (Å²) < 4.78 is 10.6. The summed E-state index contributed by atoms with van der Waals surface area (Å²) in [6.45, 7) is 2.24. The molecule has 0 aliphatic rings. The highest BCUT2D eigenvalue weighted by Crippen LogP contribution is 2.37. The van der Waals surface area contributed by atoms with Gasteiger partial charge in [-0.2, -0.15) is 0 Å². The van der Waals surface area contributed by atoms with Crippen LogP contribution >= 0.6 is 0 Å². The second-order valence-corrected chi connectivity index (χ2v) is 6.92. The van der Waals surface area contributed by atoms with E-state index in [1.807, 2.05) is 6.07 Å². The minimum atomic E-state index is 0.221.